The smallest absolute Gasteiger partial charge is 0.122 e. The Morgan fingerprint density at radius 2 is 2.22 bits per heavy atom. The van der Waals surface area contributed by atoms with Crippen LogP contribution in [0.1, 0.15) is 30.0 Å². The van der Waals surface area contributed by atoms with Crippen molar-refractivity contribution in [2.45, 2.75) is 25.9 Å². The number of hydrogen-bond donors (Lipinski definition) is 1. The lowest BCUT2D eigenvalue weighted by atomic mass is 10.2. The van der Waals surface area contributed by atoms with Gasteiger partial charge in [0.2, 0.25) is 0 Å². The first-order valence-corrected chi connectivity index (χ1v) is 7.18. The Hall–Kier alpha value is -1.10. The molecule has 2 aromatic heterocycles. The monoisotopic (exact) mass is 264 g/mol. The van der Waals surface area contributed by atoms with Gasteiger partial charge in [0.15, 0.2) is 0 Å². The van der Waals surface area contributed by atoms with Crippen LogP contribution in [0.3, 0.4) is 0 Å². The summed E-state index contributed by atoms with van der Waals surface area (Å²) < 4.78 is 5.81. The van der Waals surface area contributed by atoms with Crippen LogP contribution in [0.2, 0.25) is 0 Å². The molecule has 2 N–H and O–H groups in total. The fourth-order valence-electron chi connectivity index (χ4n) is 2.06. The average molecular weight is 264 g/mol. The Morgan fingerprint density at radius 1 is 1.39 bits per heavy atom. The molecule has 3 nitrogen and oxygen atoms in total. The SMILES string of the molecule is CCc1ccc(C(CN)N(C)Cc2ccsc2)o1. The molecule has 0 spiro atoms. The third kappa shape index (κ3) is 3.02. The second-order valence-electron chi connectivity index (χ2n) is 4.46. The minimum absolute atomic E-state index is 0.144. The summed E-state index contributed by atoms with van der Waals surface area (Å²) in [6.45, 7) is 3.56. The minimum atomic E-state index is 0.144. The summed E-state index contributed by atoms with van der Waals surface area (Å²) in [6, 6.07) is 6.37. The summed E-state index contributed by atoms with van der Waals surface area (Å²) in [5, 5.41) is 4.27. The second kappa shape index (κ2) is 6.18. The molecule has 18 heavy (non-hydrogen) atoms. The van der Waals surface area contributed by atoms with E-state index in [1.54, 1.807) is 11.3 Å². The molecule has 0 aromatic carbocycles. The molecule has 0 aliphatic heterocycles. The van der Waals surface area contributed by atoms with E-state index in [2.05, 4.69) is 35.7 Å². The van der Waals surface area contributed by atoms with Gasteiger partial charge in [-0.3, -0.25) is 4.90 Å². The van der Waals surface area contributed by atoms with Gasteiger partial charge in [0.25, 0.3) is 0 Å². The fourth-order valence-corrected chi connectivity index (χ4v) is 2.72. The van der Waals surface area contributed by atoms with Crippen LogP contribution in [0.4, 0.5) is 0 Å². The third-order valence-electron chi connectivity index (χ3n) is 3.13. The predicted octanol–water partition coefficient (Wildman–Crippen LogP) is 3.04. The Bertz CT molecular complexity index is 464. The van der Waals surface area contributed by atoms with Crippen LogP contribution in [-0.4, -0.2) is 18.5 Å². The fraction of sp³-hybridized carbons (Fsp3) is 0.429. The van der Waals surface area contributed by atoms with Crippen LogP contribution in [0, 0.1) is 0 Å². The van der Waals surface area contributed by atoms with Crippen molar-refractivity contribution in [3.05, 3.63) is 46.0 Å². The highest BCUT2D eigenvalue weighted by molar-refractivity contribution is 7.07. The van der Waals surface area contributed by atoms with E-state index in [0.29, 0.717) is 6.54 Å². The number of nitrogens with zero attached hydrogens (tertiary/aromatic N) is 1. The van der Waals surface area contributed by atoms with E-state index < -0.39 is 0 Å². The van der Waals surface area contributed by atoms with Crippen LogP contribution in [0.5, 0.6) is 0 Å². The molecular weight excluding hydrogens is 244 g/mol. The summed E-state index contributed by atoms with van der Waals surface area (Å²) in [6.07, 6.45) is 0.922. The maximum absolute atomic E-state index is 5.89. The third-order valence-corrected chi connectivity index (χ3v) is 3.86. The van der Waals surface area contributed by atoms with E-state index >= 15 is 0 Å². The molecule has 2 rings (SSSR count). The molecule has 98 valence electrons. The highest BCUT2D eigenvalue weighted by Gasteiger charge is 2.19. The van der Waals surface area contributed by atoms with E-state index in [4.69, 9.17) is 10.2 Å². The first-order valence-electron chi connectivity index (χ1n) is 6.24. The van der Waals surface area contributed by atoms with Crippen LogP contribution in [0.25, 0.3) is 0 Å². The van der Waals surface area contributed by atoms with Gasteiger partial charge < -0.3 is 10.2 Å². The van der Waals surface area contributed by atoms with Crippen molar-refractivity contribution >= 4 is 11.3 Å². The van der Waals surface area contributed by atoms with Gasteiger partial charge in [-0.15, -0.1) is 0 Å². The Morgan fingerprint density at radius 3 is 2.78 bits per heavy atom. The lowest BCUT2D eigenvalue weighted by Crippen LogP contribution is -2.29. The molecule has 4 heteroatoms. The molecule has 2 heterocycles. The lowest BCUT2D eigenvalue weighted by molar-refractivity contribution is 0.210. The van der Waals surface area contributed by atoms with Crippen molar-refractivity contribution in [2.24, 2.45) is 5.73 Å². The maximum Gasteiger partial charge on any atom is 0.122 e. The van der Waals surface area contributed by atoms with Gasteiger partial charge in [0.1, 0.15) is 11.5 Å². The summed E-state index contributed by atoms with van der Waals surface area (Å²) in [4.78, 5) is 2.24. The molecule has 0 aliphatic carbocycles. The number of hydrogen-bond acceptors (Lipinski definition) is 4. The average Bonchev–Trinajstić information content (AvgIpc) is 3.01. The van der Waals surface area contributed by atoms with E-state index in [9.17, 15) is 0 Å². The Kier molecular flexibility index (Phi) is 4.58. The Balaban J connectivity index is 2.07. The molecular formula is C14H20N2OS. The van der Waals surface area contributed by atoms with Gasteiger partial charge in [-0.2, -0.15) is 11.3 Å². The zero-order valence-corrected chi connectivity index (χ0v) is 11.7. The van der Waals surface area contributed by atoms with Crippen LogP contribution >= 0.6 is 11.3 Å². The van der Waals surface area contributed by atoms with Crippen molar-refractivity contribution in [3.63, 3.8) is 0 Å². The minimum Gasteiger partial charge on any atom is -0.464 e. The topological polar surface area (TPSA) is 42.4 Å². The molecule has 0 saturated carbocycles. The highest BCUT2D eigenvalue weighted by atomic mass is 32.1. The van der Waals surface area contributed by atoms with Crippen molar-refractivity contribution in [1.29, 1.82) is 0 Å². The van der Waals surface area contributed by atoms with E-state index in [0.717, 1.165) is 24.5 Å². The predicted molar refractivity (Wildman–Crippen MR) is 75.7 cm³/mol. The molecule has 1 unspecified atom stereocenters. The van der Waals surface area contributed by atoms with Gasteiger partial charge in [-0.25, -0.2) is 0 Å². The molecule has 2 aromatic rings. The molecule has 1 atom stereocenters. The molecule has 0 radical (unpaired) electrons. The van der Waals surface area contributed by atoms with Crippen LogP contribution in [-0.2, 0) is 13.0 Å². The summed E-state index contributed by atoms with van der Waals surface area (Å²) in [5.74, 6) is 1.99. The molecule has 0 aliphatic rings. The number of aryl methyl sites for hydroxylation is 1. The highest BCUT2D eigenvalue weighted by Crippen LogP contribution is 2.23. The number of rotatable bonds is 6. The summed E-state index contributed by atoms with van der Waals surface area (Å²) >= 11 is 1.72. The van der Waals surface area contributed by atoms with Gasteiger partial charge >= 0.3 is 0 Å². The number of likely N-dealkylation sites (N-methyl/N-ethyl adjacent to an activating group) is 1. The quantitative estimate of drug-likeness (QED) is 0.872. The van der Waals surface area contributed by atoms with E-state index in [1.807, 2.05) is 12.1 Å². The van der Waals surface area contributed by atoms with Gasteiger partial charge in [-0.05, 0) is 41.6 Å². The standard InChI is InChI=1S/C14H20N2OS/c1-3-12-4-5-14(17-12)13(8-15)16(2)9-11-6-7-18-10-11/h4-7,10,13H,3,8-9,15H2,1-2H3. The van der Waals surface area contributed by atoms with Crippen molar-refractivity contribution in [2.75, 3.05) is 13.6 Å². The zero-order chi connectivity index (χ0) is 13.0. The second-order valence-corrected chi connectivity index (χ2v) is 5.24. The largest absolute Gasteiger partial charge is 0.464 e. The van der Waals surface area contributed by atoms with Crippen molar-refractivity contribution < 1.29 is 4.42 Å². The number of nitrogens with two attached hydrogens (primary N) is 1. The van der Waals surface area contributed by atoms with Gasteiger partial charge in [0, 0.05) is 19.5 Å². The number of furan rings is 1. The summed E-state index contributed by atoms with van der Waals surface area (Å²) in [5.41, 5.74) is 7.21. The van der Waals surface area contributed by atoms with Crippen LogP contribution in [0.15, 0.2) is 33.4 Å². The zero-order valence-electron chi connectivity index (χ0n) is 10.9. The lowest BCUT2D eigenvalue weighted by Gasteiger charge is -2.24. The molecule has 0 bridgehead atoms. The van der Waals surface area contributed by atoms with Crippen molar-refractivity contribution in [1.82, 2.24) is 4.90 Å². The van der Waals surface area contributed by atoms with Crippen molar-refractivity contribution in [3.8, 4) is 0 Å². The normalized spacial score (nSPS) is 13.1. The summed E-state index contributed by atoms with van der Waals surface area (Å²) in [7, 11) is 2.09. The van der Waals surface area contributed by atoms with E-state index in [-0.39, 0.29) is 6.04 Å². The maximum atomic E-state index is 5.89. The molecule has 0 fully saturated rings. The number of thiophene rings is 1. The van der Waals surface area contributed by atoms with Gasteiger partial charge in [0.05, 0.1) is 6.04 Å². The molecule has 0 amide bonds. The first kappa shape index (κ1) is 13.3. The Labute approximate surface area is 112 Å². The van der Waals surface area contributed by atoms with Crippen LogP contribution < -0.4 is 5.73 Å². The molecule has 0 saturated heterocycles. The first-order chi connectivity index (χ1) is 8.74. The van der Waals surface area contributed by atoms with Gasteiger partial charge in [-0.1, -0.05) is 6.92 Å². The van der Waals surface area contributed by atoms with E-state index in [1.165, 1.54) is 5.56 Å².